The molecule has 1 rings (SSSR count). The molecule has 0 saturated heterocycles. The fraction of sp³-hybridized carbons (Fsp3) is 1.00. The van der Waals surface area contributed by atoms with Gasteiger partial charge < -0.3 is 5.11 Å². The van der Waals surface area contributed by atoms with Gasteiger partial charge in [0.25, 0.3) is 10.2 Å². The smallest absolute Gasteiger partial charge is 0.279 e. The average molecular weight is 264 g/mol. The number of nitrogens with one attached hydrogen (secondary N) is 1. The van der Waals surface area contributed by atoms with Crippen LogP contribution >= 0.6 is 0 Å². The summed E-state index contributed by atoms with van der Waals surface area (Å²) in [6.45, 7) is 2.30. The summed E-state index contributed by atoms with van der Waals surface area (Å²) >= 11 is 0. The Labute approximate surface area is 104 Å². The predicted octanol–water partition coefficient (Wildman–Crippen LogP) is 0.714. The fourth-order valence-corrected chi connectivity index (χ4v) is 3.50. The molecule has 0 aromatic carbocycles. The van der Waals surface area contributed by atoms with Crippen molar-refractivity contribution in [2.24, 2.45) is 5.92 Å². The summed E-state index contributed by atoms with van der Waals surface area (Å²) in [7, 11) is -1.86. The summed E-state index contributed by atoms with van der Waals surface area (Å²) in [5.41, 5.74) is 0. The molecule has 0 aromatic rings. The molecule has 0 bridgehead atoms. The number of rotatable bonds is 7. The molecule has 0 heterocycles. The van der Waals surface area contributed by atoms with Crippen LogP contribution in [0.2, 0.25) is 0 Å². The van der Waals surface area contributed by atoms with Crippen LogP contribution in [0.25, 0.3) is 0 Å². The van der Waals surface area contributed by atoms with Gasteiger partial charge in [-0.15, -0.1) is 0 Å². The first-order valence-electron chi connectivity index (χ1n) is 6.32. The van der Waals surface area contributed by atoms with E-state index in [1.165, 1.54) is 17.1 Å². The van der Waals surface area contributed by atoms with E-state index in [0.717, 1.165) is 12.8 Å². The van der Waals surface area contributed by atoms with Crippen molar-refractivity contribution in [2.45, 2.75) is 45.1 Å². The number of aliphatic hydroxyl groups is 1. The molecule has 0 amide bonds. The van der Waals surface area contributed by atoms with Crippen molar-refractivity contribution in [3.05, 3.63) is 0 Å². The van der Waals surface area contributed by atoms with Gasteiger partial charge in [0.1, 0.15) is 0 Å². The second-order valence-electron chi connectivity index (χ2n) is 4.85. The molecule has 1 saturated carbocycles. The van der Waals surface area contributed by atoms with E-state index in [0.29, 0.717) is 18.9 Å². The minimum Gasteiger partial charge on any atom is -0.396 e. The lowest BCUT2D eigenvalue weighted by molar-refractivity contribution is 0.274. The molecule has 0 radical (unpaired) electrons. The Morgan fingerprint density at radius 1 is 1.41 bits per heavy atom. The van der Waals surface area contributed by atoms with Crippen molar-refractivity contribution < 1.29 is 13.5 Å². The molecule has 17 heavy (non-hydrogen) atoms. The first-order valence-corrected chi connectivity index (χ1v) is 7.76. The van der Waals surface area contributed by atoms with Gasteiger partial charge in [0.2, 0.25) is 0 Å². The van der Waals surface area contributed by atoms with Crippen LogP contribution in [0.1, 0.15) is 39.0 Å². The lowest BCUT2D eigenvalue weighted by Gasteiger charge is -2.24. The first kappa shape index (κ1) is 14.9. The Morgan fingerprint density at radius 3 is 2.53 bits per heavy atom. The van der Waals surface area contributed by atoms with Crippen molar-refractivity contribution in [3.63, 3.8) is 0 Å². The Kier molecular flexibility index (Phi) is 5.85. The number of aliphatic hydroxyl groups excluding tert-OH is 1. The summed E-state index contributed by atoms with van der Waals surface area (Å²) in [4.78, 5) is 0. The molecule has 1 aliphatic rings. The summed E-state index contributed by atoms with van der Waals surface area (Å²) in [5, 5.41) is 8.69. The maximum absolute atomic E-state index is 11.9. The van der Waals surface area contributed by atoms with Crippen LogP contribution in [0.15, 0.2) is 0 Å². The highest BCUT2D eigenvalue weighted by Gasteiger charge is 2.26. The van der Waals surface area contributed by atoms with Gasteiger partial charge >= 0.3 is 0 Å². The molecule has 102 valence electrons. The van der Waals surface area contributed by atoms with Gasteiger partial charge in [-0.3, -0.25) is 0 Å². The largest absolute Gasteiger partial charge is 0.396 e. The van der Waals surface area contributed by atoms with Crippen LogP contribution in [0.5, 0.6) is 0 Å². The summed E-state index contributed by atoms with van der Waals surface area (Å²) < 4.78 is 27.9. The Morgan fingerprint density at radius 2 is 2.00 bits per heavy atom. The summed E-state index contributed by atoms with van der Waals surface area (Å²) in [5.74, 6) is 0.469. The van der Waals surface area contributed by atoms with Crippen LogP contribution in [-0.4, -0.2) is 44.1 Å². The Balaban J connectivity index is 2.46. The van der Waals surface area contributed by atoms with Gasteiger partial charge in [0.15, 0.2) is 0 Å². The van der Waals surface area contributed by atoms with E-state index in [-0.39, 0.29) is 12.6 Å². The molecular weight excluding hydrogens is 240 g/mol. The number of hydrogen-bond donors (Lipinski definition) is 2. The summed E-state index contributed by atoms with van der Waals surface area (Å²) in [6.07, 6.45) is 5.11. The van der Waals surface area contributed by atoms with Crippen LogP contribution in [0, 0.1) is 5.92 Å². The first-order chi connectivity index (χ1) is 7.97. The minimum atomic E-state index is -3.40. The molecule has 0 aliphatic heterocycles. The SMILES string of the molecule is CC(NS(=O)(=O)N(C)CCCO)C1CCCC1. The van der Waals surface area contributed by atoms with Crippen molar-refractivity contribution >= 4 is 10.2 Å². The topological polar surface area (TPSA) is 69.6 Å². The molecule has 6 heteroatoms. The van der Waals surface area contributed by atoms with E-state index < -0.39 is 10.2 Å². The summed E-state index contributed by atoms with van der Waals surface area (Å²) in [6, 6.07) is -0.000855. The van der Waals surface area contributed by atoms with Gasteiger partial charge in [0.05, 0.1) is 0 Å². The Bertz CT molecular complexity index is 313. The van der Waals surface area contributed by atoms with Crippen molar-refractivity contribution in [1.29, 1.82) is 0 Å². The van der Waals surface area contributed by atoms with E-state index in [2.05, 4.69) is 4.72 Å². The highest BCUT2D eigenvalue weighted by molar-refractivity contribution is 7.87. The molecule has 1 unspecified atom stereocenters. The monoisotopic (exact) mass is 264 g/mol. The molecule has 2 N–H and O–H groups in total. The lowest BCUT2D eigenvalue weighted by atomic mass is 10.0. The van der Waals surface area contributed by atoms with Crippen LogP contribution < -0.4 is 4.72 Å². The van der Waals surface area contributed by atoms with Crippen LogP contribution in [0.4, 0.5) is 0 Å². The van der Waals surface area contributed by atoms with Crippen molar-refractivity contribution in [3.8, 4) is 0 Å². The average Bonchev–Trinajstić information content (AvgIpc) is 2.78. The second kappa shape index (κ2) is 6.68. The van der Waals surface area contributed by atoms with Crippen LogP contribution in [-0.2, 0) is 10.2 Å². The molecule has 1 fully saturated rings. The van der Waals surface area contributed by atoms with Crippen molar-refractivity contribution in [2.75, 3.05) is 20.2 Å². The van der Waals surface area contributed by atoms with E-state index in [9.17, 15) is 8.42 Å². The molecule has 1 aliphatic carbocycles. The Hall–Kier alpha value is -0.170. The number of hydrogen-bond acceptors (Lipinski definition) is 3. The van der Waals surface area contributed by atoms with Gasteiger partial charge in [0, 0.05) is 26.2 Å². The zero-order chi connectivity index (χ0) is 12.9. The van der Waals surface area contributed by atoms with Gasteiger partial charge in [-0.05, 0) is 32.1 Å². The third kappa shape index (κ3) is 4.54. The fourth-order valence-electron chi connectivity index (χ4n) is 2.29. The van der Waals surface area contributed by atoms with Crippen LogP contribution in [0.3, 0.4) is 0 Å². The zero-order valence-electron chi connectivity index (χ0n) is 10.7. The number of nitrogens with zero attached hydrogens (tertiary/aromatic N) is 1. The lowest BCUT2D eigenvalue weighted by Crippen LogP contribution is -2.45. The van der Waals surface area contributed by atoms with E-state index in [4.69, 9.17) is 5.11 Å². The van der Waals surface area contributed by atoms with Gasteiger partial charge in [-0.25, -0.2) is 0 Å². The molecule has 0 aromatic heterocycles. The quantitative estimate of drug-likeness (QED) is 0.711. The zero-order valence-corrected chi connectivity index (χ0v) is 11.5. The maximum atomic E-state index is 11.9. The molecule has 0 spiro atoms. The third-order valence-electron chi connectivity index (χ3n) is 3.48. The van der Waals surface area contributed by atoms with Crippen molar-refractivity contribution in [1.82, 2.24) is 9.03 Å². The van der Waals surface area contributed by atoms with Gasteiger partial charge in [-0.1, -0.05) is 12.8 Å². The molecule has 5 nitrogen and oxygen atoms in total. The molecule has 1 atom stereocenters. The highest BCUT2D eigenvalue weighted by atomic mass is 32.2. The standard InChI is InChI=1S/C11H24N2O3S/c1-10(11-6-3-4-7-11)12-17(15,16)13(2)8-5-9-14/h10-12,14H,3-9H2,1-2H3. The van der Waals surface area contributed by atoms with E-state index >= 15 is 0 Å². The third-order valence-corrected chi connectivity index (χ3v) is 5.16. The highest BCUT2D eigenvalue weighted by Crippen LogP contribution is 2.27. The van der Waals surface area contributed by atoms with Gasteiger partial charge in [-0.2, -0.15) is 17.4 Å². The normalized spacial score (nSPS) is 20.0. The predicted molar refractivity (Wildman–Crippen MR) is 67.8 cm³/mol. The maximum Gasteiger partial charge on any atom is 0.279 e. The minimum absolute atomic E-state index is 0.000855. The molecular formula is C11H24N2O3S. The second-order valence-corrected chi connectivity index (χ2v) is 6.66. The van der Waals surface area contributed by atoms with E-state index in [1.807, 2.05) is 6.92 Å². The van der Waals surface area contributed by atoms with E-state index in [1.54, 1.807) is 7.05 Å².